The van der Waals surface area contributed by atoms with Crippen molar-refractivity contribution in [3.05, 3.63) is 53.6 Å². The van der Waals surface area contributed by atoms with Crippen LogP contribution in [0.3, 0.4) is 0 Å². The minimum atomic E-state index is -0.00940. The molecule has 1 N–H and O–H groups in total. The lowest BCUT2D eigenvalue weighted by molar-refractivity contribution is 0.0701. The first kappa shape index (κ1) is 19.6. The molecule has 2 aliphatic rings. The zero-order valence-corrected chi connectivity index (χ0v) is 17.2. The van der Waals surface area contributed by atoms with Crippen LogP contribution in [0, 0.1) is 0 Å². The molecule has 0 spiro atoms. The van der Waals surface area contributed by atoms with E-state index in [0.29, 0.717) is 23.6 Å². The third kappa shape index (κ3) is 3.65. The number of piperidine rings is 1. The molecule has 3 atom stereocenters. The maximum atomic E-state index is 13.6. The van der Waals surface area contributed by atoms with Crippen molar-refractivity contribution in [1.82, 2.24) is 10.2 Å². The number of amides is 1. The van der Waals surface area contributed by atoms with Crippen molar-refractivity contribution >= 4 is 5.91 Å². The van der Waals surface area contributed by atoms with Crippen molar-refractivity contribution in [3.8, 4) is 17.2 Å². The average molecular weight is 396 g/mol. The first-order valence-corrected chi connectivity index (χ1v) is 10.1. The van der Waals surface area contributed by atoms with Gasteiger partial charge in [-0.1, -0.05) is 12.1 Å². The second kappa shape index (κ2) is 8.33. The molecule has 0 radical (unpaired) electrons. The maximum absolute atomic E-state index is 13.6. The Balaban J connectivity index is 1.68. The van der Waals surface area contributed by atoms with E-state index in [1.54, 1.807) is 33.5 Å². The summed E-state index contributed by atoms with van der Waals surface area (Å²) in [6.07, 6.45) is 2.06. The molecule has 6 heteroatoms. The van der Waals surface area contributed by atoms with Crippen molar-refractivity contribution in [2.24, 2.45) is 0 Å². The number of likely N-dealkylation sites (tertiary alicyclic amines) is 1. The molecule has 6 nitrogen and oxygen atoms in total. The molecule has 2 aliphatic heterocycles. The largest absolute Gasteiger partial charge is 0.497 e. The highest BCUT2D eigenvalue weighted by atomic mass is 16.5. The summed E-state index contributed by atoms with van der Waals surface area (Å²) >= 11 is 0. The number of nitrogens with zero attached hydrogens (tertiary/aromatic N) is 1. The van der Waals surface area contributed by atoms with Gasteiger partial charge in [0, 0.05) is 24.5 Å². The summed E-state index contributed by atoms with van der Waals surface area (Å²) < 4.78 is 16.2. The van der Waals surface area contributed by atoms with Gasteiger partial charge >= 0.3 is 0 Å². The Hall–Kier alpha value is -2.73. The highest BCUT2D eigenvalue weighted by Crippen LogP contribution is 2.39. The second-order valence-electron chi connectivity index (χ2n) is 7.60. The van der Waals surface area contributed by atoms with Gasteiger partial charge in [0.15, 0.2) is 0 Å². The number of carbonyl (C=O) groups is 1. The summed E-state index contributed by atoms with van der Waals surface area (Å²) in [4.78, 5) is 15.6. The predicted molar refractivity (Wildman–Crippen MR) is 111 cm³/mol. The second-order valence-corrected chi connectivity index (χ2v) is 7.60. The third-order valence-electron chi connectivity index (χ3n) is 6.12. The molecule has 0 bridgehead atoms. The van der Waals surface area contributed by atoms with E-state index in [-0.39, 0.29) is 23.9 Å². The molecule has 2 fully saturated rings. The van der Waals surface area contributed by atoms with E-state index < -0.39 is 0 Å². The lowest BCUT2D eigenvalue weighted by Gasteiger charge is -2.33. The number of methoxy groups -OCH3 is 3. The number of benzene rings is 2. The normalized spacial score (nSPS) is 23.4. The number of rotatable bonds is 5. The van der Waals surface area contributed by atoms with Gasteiger partial charge in [-0.05, 0) is 55.3 Å². The SMILES string of the molecule is COc1cccc([C@H]2CN(C(=O)c3cc(OC)ccc3OC)[C@@H]3CCCN[C@H]23)c1. The Morgan fingerprint density at radius 1 is 1.03 bits per heavy atom. The van der Waals surface area contributed by atoms with E-state index >= 15 is 0 Å². The van der Waals surface area contributed by atoms with Gasteiger partial charge in [0.1, 0.15) is 17.2 Å². The Kier molecular flexibility index (Phi) is 5.62. The topological polar surface area (TPSA) is 60.0 Å². The van der Waals surface area contributed by atoms with Gasteiger partial charge in [0.25, 0.3) is 5.91 Å². The summed E-state index contributed by atoms with van der Waals surface area (Å²) in [5.41, 5.74) is 1.74. The average Bonchev–Trinajstić information content (AvgIpc) is 3.18. The van der Waals surface area contributed by atoms with Gasteiger partial charge in [-0.15, -0.1) is 0 Å². The van der Waals surface area contributed by atoms with E-state index in [4.69, 9.17) is 14.2 Å². The van der Waals surface area contributed by atoms with Crippen molar-refractivity contribution in [3.63, 3.8) is 0 Å². The van der Waals surface area contributed by atoms with Crippen LogP contribution in [0.2, 0.25) is 0 Å². The van der Waals surface area contributed by atoms with Crippen LogP contribution in [0.4, 0.5) is 0 Å². The van der Waals surface area contributed by atoms with Crippen molar-refractivity contribution in [1.29, 1.82) is 0 Å². The van der Waals surface area contributed by atoms with Crippen LogP contribution in [0.25, 0.3) is 0 Å². The smallest absolute Gasteiger partial charge is 0.258 e. The van der Waals surface area contributed by atoms with Crippen molar-refractivity contribution in [2.75, 3.05) is 34.4 Å². The van der Waals surface area contributed by atoms with E-state index in [1.807, 2.05) is 23.1 Å². The molecule has 29 heavy (non-hydrogen) atoms. The Bertz CT molecular complexity index is 885. The summed E-state index contributed by atoms with van der Waals surface area (Å²) in [5, 5.41) is 3.66. The maximum Gasteiger partial charge on any atom is 0.258 e. The Morgan fingerprint density at radius 3 is 2.59 bits per heavy atom. The zero-order chi connectivity index (χ0) is 20.4. The van der Waals surface area contributed by atoms with Crippen LogP contribution in [-0.2, 0) is 0 Å². The zero-order valence-electron chi connectivity index (χ0n) is 17.2. The summed E-state index contributed by atoms with van der Waals surface area (Å²) in [6, 6.07) is 13.9. The third-order valence-corrected chi connectivity index (χ3v) is 6.12. The number of hydrogen-bond acceptors (Lipinski definition) is 5. The molecule has 2 saturated heterocycles. The number of hydrogen-bond donors (Lipinski definition) is 1. The van der Waals surface area contributed by atoms with Gasteiger partial charge in [0.05, 0.1) is 26.9 Å². The van der Waals surface area contributed by atoms with Crippen molar-refractivity contribution in [2.45, 2.75) is 30.8 Å². The van der Waals surface area contributed by atoms with E-state index in [1.165, 1.54) is 5.56 Å². The molecule has 2 heterocycles. The fourth-order valence-electron chi connectivity index (χ4n) is 4.67. The molecule has 154 valence electrons. The van der Waals surface area contributed by atoms with Crippen molar-refractivity contribution < 1.29 is 19.0 Å². The van der Waals surface area contributed by atoms with Crippen LogP contribution in [-0.4, -0.2) is 57.3 Å². The molecule has 2 aromatic rings. The first-order valence-electron chi connectivity index (χ1n) is 10.1. The van der Waals surface area contributed by atoms with Crippen LogP contribution in [0.1, 0.15) is 34.7 Å². The van der Waals surface area contributed by atoms with Crippen LogP contribution < -0.4 is 19.5 Å². The monoisotopic (exact) mass is 396 g/mol. The van der Waals surface area contributed by atoms with Gasteiger partial charge < -0.3 is 24.4 Å². The number of carbonyl (C=O) groups excluding carboxylic acids is 1. The molecule has 4 rings (SSSR count). The standard InChI is InChI=1S/C23H28N2O4/c1-27-16-7-4-6-15(12-16)19-14-25(20-8-5-11-24-22(19)20)23(26)18-13-17(28-2)9-10-21(18)29-3/h4,6-7,9-10,12-13,19-20,22,24H,5,8,11,14H2,1-3H3/t19-,20-,22-/m1/s1. The molecule has 0 aliphatic carbocycles. The quantitative estimate of drug-likeness (QED) is 0.842. The van der Waals surface area contributed by atoms with Crippen LogP contribution in [0.5, 0.6) is 17.2 Å². The van der Waals surface area contributed by atoms with Gasteiger partial charge in [0.2, 0.25) is 0 Å². The fourth-order valence-corrected chi connectivity index (χ4v) is 4.67. The lowest BCUT2D eigenvalue weighted by Crippen LogP contribution is -2.49. The number of ether oxygens (including phenoxy) is 3. The molecule has 1 amide bonds. The minimum absolute atomic E-state index is 0.00940. The highest BCUT2D eigenvalue weighted by molar-refractivity contribution is 5.98. The van der Waals surface area contributed by atoms with Gasteiger partial charge in [-0.2, -0.15) is 0 Å². The highest BCUT2D eigenvalue weighted by Gasteiger charge is 2.46. The van der Waals surface area contributed by atoms with Crippen LogP contribution >= 0.6 is 0 Å². The van der Waals surface area contributed by atoms with E-state index in [0.717, 1.165) is 25.1 Å². The van der Waals surface area contributed by atoms with Crippen LogP contribution in [0.15, 0.2) is 42.5 Å². The number of fused-ring (bicyclic) bond motifs is 1. The Morgan fingerprint density at radius 2 is 1.83 bits per heavy atom. The molecule has 2 aromatic carbocycles. The Labute approximate surface area is 171 Å². The summed E-state index contributed by atoms with van der Waals surface area (Å²) in [6.45, 7) is 1.64. The number of nitrogens with one attached hydrogen (secondary N) is 1. The summed E-state index contributed by atoms with van der Waals surface area (Å²) in [7, 11) is 4.87. The fraction of sp³-hybridized carbons (Fsp3) is 0.435. The van der Waals surface area contributed by atoms with Gasteiger partial charge in [-0.3, -0.25) is 4.79 Å². The molecular weight excluding hydrogens is 368 g/mol. The lowest BCUT2D eigenvalue weighted by atomic mass is 9.87. The van der Waals surface area contributed by atoms with E-state index in [9.17, 15) is 4.79 Å². The molecule has 0 aromatic heterocycles. The van der Waals surface area contributed by atoms with E-state index in [2.05, 4.69) is 17.4 Å². The first-order chi connectivity index (χ1) is 14.2. The molecule has 0 saturated carbocycles. The predicted octanol–water partition coefficient (Wildman–Crippen LogP) is 3.07. The molecular formula is C23H28N2O4. The van der Waals surface area contributed by atoms with Gasteiger partial charge in [-0.25, -0.2) is 0 Å². The minimum Gasteiger partial charge on any atom is -0.497 e. The molecule has 0 unspecified atom stereocenters. The summed E-state index contributed by atoms with van der Waals surface area (Å²) in [5.74, 6) is 2.27.